The minimum absolute atomic E-state index is 0.124. The first-order valence-electron chi connectivity index (χ1n) is 10.3. The number of carbonyl (C=O) groups excluding carboxylic acids is 1. The van der Waals surface area contributed by atoms with Gasteiger partial charge in [0, 0.05) is 53.7 Å². The zero-order valence-corrected chi connectivity index (χ0v) is 19.2. The maximum Gasteiger partial charge on any atom is 0.448 e. The van der Waals surface area contributed by atoms with Crippen molar-refractivity contribution in [1.82, 2.24) is 4.90 Å². The van der Waals surface area contributed by atoms with E-state index in [1.807, 2.05) is 0 Å². The molecule has 0 atom stereocenters. The molecule has 0 unspecified atom stereocenters. The highest BCUT2D eigenvalue weighted by Crippen LogP contribution is 2.26. The molecule has 3 rings (SSSR count). The minimum Gasteiger partial charge on any atom is -0.434 e. The van der Waals surface area contributed by atoms with Crippen molar-refractivity contribution < 1.29 is 31.3 Å². The molecule has 0 N–H and O–H groups in total. The number of carbonyl (C=O) groups is 1. The van der Waals surface area contributed by atoms with E-state index < -0.39 is 28.6 Å². The quantitative estimate of drug-likeness (QED) is 0.265. The van der Waals surface area contributed by atoms with Gasteiger partial charge in [-0.1, -0.05) is 18.7 Å². The second-order valence-corrected chi connectivity index (χ2v) is 9.13. The summed E-state index contributed by atoms with van der Waals surface area (Å²) in [7, 11) is 0.343. The van der Waals surface area contributed by atoms with E-state index in [2.05, 4.69) is 11.6 Å². The number of allylic oxidation sites excluding steroid dienone is 1. The normalized spacial score (nSPS) is 15.2. The standard InChI is InChI=1S/C23H23F4N3O3S/c1-16(23(25,26)27)33-21(28-2)18-5-3-17(4-6-18)15-30(20-9-7-19(24)8-10-20)22(31)29-11-13-34(32)14-12-29/h3-10H,1,11-15H2,2H3. The van der Waals surface area contributed by atoms with E-state index in [9.17, 15) is 26.6 Å². The van der Waals surface area contributed by atoms with Crippen molar-refractivity contribution in [1.29, 1.82) is 0 Å². The molecule has 1 heterocycles. The lowest BCUT2D eigenvalue weighted by Gasteiger charge is -2.33. The Hall–Kier alpha value is -3.21. The third kappa shape index (κ3) is 6.43. The molecule has 2 amide bonds. The van der Waals surface area contributed by atoms with Crippen LogP contribution in [0.1, 0.15) is 11.1 Å². The number of benzene rings is 2. The van der Waals surface area contributed by atoms with E-state index in [4.69, 9.17) is 4.74 Å². The number of hydrogen-bond acceptors (Lipinski definition) is 4. The van der Waals surface area contributed by atoms with Gasteiger partial charge in [-0.15, -0.1) is 0 Å². The second kappa shape index (κ2) is 10.8. The highest BCUT2D eigenvalue weighted by atomic mass is 32.2. The van der Waals surface area contributed by atoms with Crippen molar-refractivity contribution in [3.05, 3.63) is 77.8 Å². The molecule has 0 saturated carbocycles. The number of amides is 2. The lowest BCUT2D eigenvalue weighted by Crippen LogP contribution is -2.48. The number of rotatable bonds is 5. The second-order valence-electron chi connectivity index (χ2n) is 7.43. The lowest BCUT2D eigenvalue weighted by molar-refractivity contribution is -0.117. The van der Waals surface area contributed by atoms with Crippen molar-refractivity contribution in [3.63, 3.8) is 0 Å². The number of urea groups is 1. The summed E-state index contributed by atoms with van der Waals surface area (Å²) in [5.41, 5.74) is 1.45. The molecule has 0 aliphatic carbocycles. The van der Waals surface area contributed by atoms with Gasteiger partial charge >= 0.3 is 12.2 Å². The number of alkyl halides is 3. The Bertz CT molecular complexity index is 1080. The lowest BCUT2D eigenvalue weighted by atomic mass is 10.1. The van der Waals surface area contributed by atoms with Crippen molar-refractivity contribution >= 4 is 28.4 Å². The van der Waals surface area contributed by atoms with E-state index in [1.54, 1.807) is 17.0 Å². The van der Waals surface area contributed by atoms with Crippen LogP contribution in [0.15, 0.2) is 65.9 Å². The summed E-state index contributed by atoms with van der Waals surface area (Å²) in [5.74, 6) is -1.30. The van der Waals surface area contributed by atoms with Crippen LogP contribution in [0.25, 0.3) is 0 Å². The fraction of sp³-hybridized carbons (Fsp3) is 0.304. The number of aliphatic imine (C=N–C) groups is 1. The van der Waals surface area contributed by atoms with E-state index >= 15 is 0 Å². The first-order chi connectivity index (χ1) is 16.1. The van der Waals surface area contributed by atoms with Crippen LogP contribution < -0.4 is 4.90 Å². The molecule has 1 fully saturated rings. The van der Waals surface area contributed by atoms with Gasteiger partial charge < -0.3 is 9.64 Å². The number of anilines is 1. The van der Waals surface area contributed by atoms with Crippen LogP contribution in [0.5, 0.6) is 0 Å². The van der Waals surface area contributed by atoms with Gasteiger partial charge in [0.15, 0.2) is 0 Å². The molecule has 11 heteroatoms. The Morgan fingerprint density at radius 2 is 1.71 bits per heavy atom. The number of halogens is 4. The van der Waals surface area contributed by atoms with Crippen LogP contribution in [0.3, 0.4) is 0 Å². The molecule has 182 valence electrons. The fourth-order valence-electron chi connectivity index (χ4n) is 3.23. The Morgan fingerprint density at radius 1 is 1.12 bits per heavy atom. The van der Waals surface area contributed by atoms with Crippen molar-refractivity contribution in [2.45, 2.75) is 12.7 Å². The monoisotopic (exact) mass is 497 g/mol. The van der Waals surface area contributed by atoms with Crippen LogP contribution >= 0.6 is 0 Å². The summed E-state index contributed by atoms with van der Waals surface area (Å²) >= 11 is 0. The fourth-order valence-corrected chi connectivity index (χ4v) is 4.29. The van der Waals surface area contributed by atoms with Crippen molar-refractivity contribution in [2.75, 3.05) is 36.5 Å². The van der Waals surface area contributed by atoms with Gasteiger partial charge in [-0.3, -0.25) is 14.1 Å². The first-order valence-corrected chi connectivity index (χ1v) is 11.7. The Morgan fingerprint density at radius 3 is 2.24 bits per heavy atom. The van der Waals surface area contributed by atoms with Crippen LogP contribution in [0, 0.1) is 5.82 Å². The molecule has 0 bridgehead atoms. The molecule has 1 aliphatic heterocycles. The summed E-state index contributed by atoms with van der Waals surface area (Å²) in [5, 5.41) is 0. The Labute approximate surface area is 197 Å². The van der Waals surface area contributed by atoms with Gasteiger partial charge in [0.25, 0.3) is 0 Å². The van der Waals surface area contributed by atoms with Crippen LogP contribution in [-0.2, 0) is 22.1 Å². The molecule has 6 nitrogen and oxygen atoms in total. The highest BCUT2D eigenvalue weighted by Gasteiger charge is 2.35. The molecule has 1 aliphatic rings. The van der Waals surface area contributed by atoms with Gasteiger partial charge in [-0.25, -0.2) is 9.18 Å². The minimum atomic E-state index is -4.72. The van der Waals surface area contributed by atoms with E-state index in [0.717, 1.165) is 0 Å². The van der Waals surface area contributed by atoms with Gasteiger partial charge in [-0.05, 0) is 42.0 Å². The van der Waals surface area contributed by atoms with E-state index in [0.29, 0.717) is 41.4 Å². The molecule has 0 radical (unpaired) electrons. The number of nitrogens with zero attached hydrogens (tertiary/aromatic N) is 3. The molecular weight excluding hydrogens is 474 g/mol. The van der Waals surface area contributed by atoms with Crippen LogP contribution in [0.2, 0.25) is 0 Å². The highest BCUT2D eigenvalue weighted by molar-refractivity contribution is 7.85. The van der Waals surface area contributed by atoms with E-state index in [-0.39, 0.29) is 18.5 Å². The van der Waals surface area contributed by atoms with Crippen LogP contribution in [0.4, 0.5) is 28.0 Å². The Balaban J connectivity index is 1.80. The summed E-state index contributed by atoms with van der Waals surface area (Å²) in [6.07, 6.45) is -4.72. The van der Waals surface area contributed by atoms with Gasteiger partial charge in [0.2, 0.25) is 11.7 Å². The zero-order valence-electron chi connectivity index (χ0n) is 18.3. The molecule has 1 saturated heterocycles. The average Bonchev–Trinajstić information content (AvgIpc) is 2.81. The summed E-state index contributed by atoms with van der Waals surface area (Å²) < 4.78 is 68.1. The smallest absolute Gasteiger partial charge is 0.434 e. The largest absolute Gasteiger partial charge is 0.448 e. The number of hydrogen-bond donors (Lipinski definition) is 0. The van der Waals surface area contributed by atoms with Gasteiger partial charge in [-0.2, -0.15) is 13.2 Å². The maximum atomic E-state index is 13.4. The third-order valence-corrected chi connectivity index (χ3v) is 6.37. The zero-order chi connectivity index (χ0) is 24.9. The predicted octanol–water partition coefficient (Wildman–Crippen LogP) is 4.49. The Kier molecular flexibility index (Phi) is 8.08. The summed E-state index contributed by atoms with van der Waals surface area (Å²) in [6.45, 7) is 3.70. The summed E-state index contributed by atoms with van der Waals surface area (Å²) in [4.78, 5) is 20.1. The average molecular weight is 498 g/mol. The molecular formula is C23H23F4N3O3S. The summed E-state index contributed by atoms with van der Waals surface area (Å²) in [6, 6.07) is 11.5. The first kappa shape index (κ1) is 25.4. The van der Waals surface area contributed by atoms with Crippen molar-refractivity contribution in [2.24, 2.45) is 4.99 Å². The SMILES string of the molecule is C=C(OC(=NC)c1ccc(CN(C(=O)N2CCS(=O)CC2)c2ccc(F)cc2)cc1)C(F)(F)F. The molecule has 0 spiro atoms. The molecule has 2 aromatic rings. The third-order valence-electron chi connectivity index (χ3n) is 5.10. The molecule has 34 heavy (non-hydrogen) atoms. The number of ether oxygens (including phenoxy) is 1. The van der Waals surface area contributed by atoms with Crippen LogP contribution in [-0.4, -0.2) is 58.9 Å². The maximum absolute atomic E-state index is 13.4. The van der Waals surface area contributed by atoms with Gasteiger partial charge in [0.05, 0.1) is 6.54 Å². The topological polar surface area (TPSA) is 62.2 Å². The molecule has 2 aromatic carbocycles. The van der Waals surface area contributed by atoms with E-state index in [1.165, 1.54) is 48.3 Å². The van der Waals surface area contributed by atoms with Gasteiger partial charge in [0.1, 0.15) is 5.82 Å². The van der Waals surface area contributed by atoms with Crippen molar-refractivity contribution in [3.8, 4) is 0 Å². The molecule has 0 aromatic heterocycles. The predicted molar refractivity (Wildman–Crippen MR) is 123 cm³/mol.